The fraction of sp³-hybridized carbons (Fsp3) is 0.333. The van der Waals surface area contributed by atoms with E-state index in [0.717, 1.165) is 12.8 Å². The van der Waals surface area contributed by atoms with Crippen molar-refractivity contribution in [2.75, 3.05) is 44.0 Å². The number of carbonyl (C=O) groups excluding carboxylic acids is 2. The number of hydrogen-bond acceptors (Lipinski definition) is 6. The maximum absolute atomic E-state index is 12.6. The van der Waals surface area contributed by atoms with Crippen molar-refractivity contribution in [3.8, 4) is 0 Å². The summed E-state index contributed by atoms with van der Waals surface area (Å²) in [4.78, 5) is 24.4. The standard InChI is InChI=1S/C21H25N3O6S/c1-29-13-14-30-21(26)23-18-6-4-5-17(15-18)22-20(25)16-7-9-19(10-8-16)31(27,28)24-11-2-3-12-24/h4-10,15H,2-3,11-14H2,1H3,(H,22,25)(H,23,26). The molecule has 1 aliphatic heterocycles. The average molecular weight is 448 g/mol. The molecule has 31 heavy (non-hydrogen) atoms. The smallest absolute Gasteiger partial charge is 0.411 e. The van der Waals surface area contributed by atoms with E-state index in [1.54, 1.807) is 24.3 Å². The summed E-state index contributed by atoms with van der Waals surface area (Å²) in [5, 5.41) is 5.29. The summed E-state index contributed by atoms with van der Waals surface area (Å²) in [5.74, 6) is -0.398. The molecule has 9 nitrogen and oxygen atoms in total. The lowest BCUT2D eigenvalue weighted by atomic mass is 10.2. The van der Waals surface area contributed by atoms with Gasteiger partial charge in [0.05, 0.1) is 11.5 Å². The van der Waals surface area contributed by atoms with Gasteiger partial charge in [0.15, 0.2) is 0 Å². The van der Waals surface area contributed by atoms with Crippen LogP contribution >= 0.6 is 0 Å². The van der Waals surface area contributed by atoms with Crippen LogP contribution in [0.2, 0.25) is 0 Å². The maximum atomic E-state index is 12.6. The molecule has 1 aliphatic rings. The summed E-state index contributed by atoms with van der Waals surface area (Å²) >= 11 is 0. The maximum Gasteiger partial charge on any atom is 0.411 e. The number of sulfonamides is 1. The topological polar surface area (TPSA) is 114 Å². The van der Waals surface area contributed by atoms with E-state index in [-0.39, 0.29) is 11.5 Å². The van der Waals surface area contributed by atoms with Gasteiger partial charge in [-0.15, -0.1) is 0 Å². The van der Waals surface area contributed by atoms with Crippen molar-refractivity contribution >= 4 is 33.4 Å². The Bertz CT molecular complexity index is 1020. The van der Waals surface area contributed by atoms with Crippen molar-refractivity contribution < 1.29 is 27.5 Å². The molecule has 0 spiro atoms. The van der Waals surface area contributed by atoms with Gasteiger partial charge in [-0.3, -0.25) is 10.1 Å². The third kappa shape index (κ3) is 6.03. The molecular formula is C21H25N3O6S. The van der Waals surface area contributed by atoms with Crippen LogP contribution in [0.25, 0.3) is 0 Å². The van der Waals surface area contributed by atoms with Gasteiger partial charge in [0.1, 0.15) is 6.61 Å². The van der Waals surface area contributed by atoms with E-state index in [2.05, 4.69) is 10.6 Å². The Hall–Kier alpha value is -2.95. The van der Waals surface area contributed by atoms with E-state index in [4.69, 9.17) is 9.47 Å². The highest BCUT2D eigenvalue weighted by Crippen LogP contribution is 2.22. The third-order valence-electron chi connectivity index (χ3n) is 4.71. The predicted molar refractivity (Wildman–Crippen MR) is 116 cm³/mol. The van der Waals surface area contributed by atoms with Crippen LogP contribution in [-0.4, -0.2) is 58.1 Å². The fourth-order valence-corrected chi connectivity index (χ4v) is 4.62. The number of carbonyl (C=O) groups is 2. The number of anilines is 2. The van der Waals surface area contributed by atoms with Gasteiger partial charge in [0.2, 0.25) is 10.0 Å². The highest BCUT2D eigenvalue weighted by molar-refractivity contribution is 7.89. The minimum Gasteiger partial charge on any atom is -0.447 e. The van der Waals surface area contributed by atoms with Crippen LogP contribution in [0.3, 0.4) is 0 Å². The average Bonchev–Trinajstić information content (AvgIpc) is 3.30. The minimum absolute atomic E-state index is 0.127. The molecule has 0 aliphatic carbocycles. The molecule has 0 aromatic heterocycles. The Balaban J connectivity index is 1.62. The number of nitrogens with one attached hydrogen (secondary N) is 2. The first kappa shape index (κ1) is 22.7. The number of hydrogen-bond donors (Lipinski definition) is 2. The lowest BCUT2D eigenvalue weighted by Gasteiger charge is -2.15. The Morgan fingerprint density at radius 3 is 2.26 bits per heavy atom. The molecule has 1 fully saturated rings. The number of nitrogens with zero attached hydrogens (tertiary/aromatic N) is 1. The normalized spacial score (nSPS) is 14.2. The van der Waals surface area contributed by atoms with Gasteiger partial charge in [-0.25, -0.2) is 13.2 Å². The van der Waals surface area contributed by atoms with Crippen molar-refractivity contribution in [1.29, 1.82) is 0 Å². The fourth-order valence-electron chi connectivity index (χ4n) is 3.11. The first-order valence-corrected chi connectivity index (χ1v) is 11.3. The van der Waals surface area contributed by atoms with E-state index in [0.29, 0.717) is 36.6 Å². The molecule has 10 heteroatoms. The van der Waals surface area contributed by atoms with E-state index < -0.39 is 22.0 Å². The monoisotopic (exact) mass is 447 g/mol. The Morgan fingerprint density at radius 1 is 0.968 bits per heavy atom. The second-order valence-electron chi connectivity index (χ2n) is 6.92. The van der Waals surface area contributed by atoms with Crippen LogP contribution < -0.4 is 10.6 Å². The van der Waals surface area contributed by atoms with Crippen molar-refractivity contribution in [2.45, 2.75) is 17.7 Å². The summed E-state index contributed by atoms with van der Waals surface area (Å²) in [6.07, 6.45) is 1.09. The number of benzene rings is 2. The molecule has 3 rings (SSSR count). The lowest BCUT2D eigenvalue weighted by Crippen LogP contribution is -2.27. The van der Waals surface area contributed by atoms with Crippen LogP contribution in [0.5, 0.6) is 0 Å². The molecule has 0 bridgehead atoms. The van der Waals surface area contributed by atoms with Gasteiger partial charge in [-0.2, -0.15) is 4.31 Å². The zero-order chi connectivity index (χ0) is 22.3. The molecule has 1 saturated heterocycles. The van der Waals surface area contributed by atoms with Gasteiger partial charge in [0, 0.05) is 37.1 Å². The number of methoxy groups -OCH3 is 1. The molecule has 0 atom stereocenters. The van der Waals surface area contributed by atoms with Gasteiger partial charge < -0.3 is 14.8 Å². The molecule has 166 valence electrons. The van der Waals surface area contributed by atoms with E-state index in [1.165, 1.54) is 35.7 Å². The molecule has 2 amide bonds. The quantitative estimate of drug-likeness (QED) is 0.602. The van der Waals surface area contributed by atoms with Gasteiger partial charge in [0.25, 0.3) is 5.91 Å². The molecule has 2 aromatic carbocycles. The van der Waals surface area contributed by atoms with Crippen LogP contribution in [0.15, 0.2) is 53.4 Å². The zero-order valence-corrected chi connectivity index (χ0v) is 18.0. The summed E-state index contributed by atoms with van der Waals surface area (Å²) in [7, 11) is -2.02. The first-order chi connectivity index (χ1) is 14.9. The van der Waals surface area contributed by atoms with Crippen molar-refractivity contribution in [3.63, 3.8) is 0 Å². The molecule has 0 radical (unpaired) electrons. The lowest BCUT2D eigenvalue weighted by molar-refractivity contribution is 0.102. The number of amides is 2. The zero-order valence-electron chi connectivity index (χ0n) is 17.2. The van der Waals surface area contributed by atoms with Gasteiger partial charge >= 0.3 is 6.09 Å². The van der Waals surface area contributed by atoms with Gasteiger partial charge in [-0.1, -0.05) is 6.07 Å². The molecule has 2 aromatic rings. The SMILES string of the molecule is COCCOC(=O)Nc1cccc(NC(=O)c2ccc(S(=O)(=O)N3CCCC3)cc2)c1. The summed E-state index contributed by atoms with van der Waals surface area (Å²) in [6.45, 7) is 1.47. The van der Waals surface area contributed by atoms with Crippen LogP contribution in [0, 0.1) is 0 Å². The molecular weight excluding hydrogens is 422 g/mol. The van der Waals surface area contributed by atoms with Gasteiger partial charge in [-0.05, 0) is 55.3 Å². The van der Waals surface area contributed by atoms with E-state index in [9.17, 15) is 18.0 Å². The summed E-state index contributed by atoms with van der Waals surface area (Å²) in [5.41, 5.74) is 1.23. The van der Waals surface area contributed by atoms with Crippen LogP contribution in [0.4, 0.5) is 16.2 Å². The van der Waals surface area contributed by atoms with Crippen LogP contribution in [-0.2, 0) is 19.5 Å². The minimum atomic E-state index is -3.52. The summed E-state index contributed by atoms with van der Waals surface area (Å²) in [6, 6.07) is 12.4. The molecule has 1 heterocycles. The second kappa shape index (κ2) is 10.4. The van der Waals surface area contributed by atoms with E-state index >= 15 is 0 Å². The Labute approximate surface area is 181 Å². The Kier molecular flexibility index (Phi) is 7.61. The first-order valence-electron chi connectivity index (χ1n) is 9.84. The highest BCUT2D eigenvalue weighted by Gasteiger charge is 2.27. The van der Waals surface area contributed by atoms with Crippen molar-refractivity contribution in [1.82, 2.24) is 4.31 Å². The number of ether oxygens (including phenoxy) is 2. The third-order valence-corrected chi connectivity index (χ3v) is 6.62. The predicted octanol–water partition coefficient (Wildman–Crippen LogP) is 2.92. The Morgan fingerprint density at radius 2 is 1.61 bits per heavy atom. The van der Waals surface area contributed by atoms with E-state index in [1.807, 2.05) is 0 Å². The van der Waals surface area contributed by atoms with Crippen molar-refractivity contribution in [2.24, 2.45) is 0 Å². The second-order valence-corrected chi connectivity index (χ2v) is 8.86. The molecule has 2 N–H and O–H groups in total. The number of rotatable bonds is 8. The summed E-state index contributed by atoms with van der Waals surface area (Å²) < 4.78 is 36.4. The van der Waals surface area contributed by atoms with Crippen molar-refractivity contribution in [3.05, 3.63) is 54.1 Å². The highest BCUT2D eigenvalue weighted by atomic mass is 32.2. The largest absolute Gasteiger partial charge is 0.447 e. The molecule has 0 saturated carbocycles. The molecule has 0 unspecified atom stereocenters. The van der Waals surface area contributed by atoms with Crippen LogP contribution in [0.1, 0.15) is 23.2 Å².